The molecule has 4 rings (SSSR count). The zero-order valence-corrected chi connectivity index (χ0v) is 22.5. The summed E-state index contributed by atoms with van der Waals surface area (Å²) in [6.07, 6.45) is 0. The molecule has 0 bridgehead atoms. The van der Waals surface area contributed by atoms with Gasteiger partial charge in [0.15, 0.2) is 0 Å². The molecule has 3 aromatic carbocycles. The molecule has 37 heavy (non-hydrogen) atoms. The minimum Gasteiger partial charge on any atom is -0.497 e. The number of carbonyl (C=O) groups excluding carboxylic acids is 1. The summed E-state index contributed by atoms with van der Waals surface area (Å²) in [5.74, 6) is 0.730. The quantitative estimate of drug-likeness (QED) is 0.266. The number of nitriles is 1. The minimum atomic E-state index is -0.141. The molecule has 0 radical (unpaired) electrons. The summed E-state index contributed by atoms with van der Waals surface area (Å²) in [5.41, 5.74) is 8.97. The average Bonchev–Trinajstić information content (AvgIpc) is 2.89. The lowest BCUT2D eigenvalue weighted by Gasteiger charge is -2.14. The number of carbonyl (C=O) groups is 1. The Balaban J connectivity index is 1.70. The third kappa shape index (κ3) is 6.02. The summed E-state index contributed by atoms with van der Waals surface area (Å²) in [6.45, 7) is 8.06. The lowest BCUT2D eigenvalue weighted by Crippen LogP contribution is -2.16. The summed E-state index contributed by atoms with van der Waals surface area (Å²) in [7, 11) is 1.62. The minimum absolute atomic E-state index is 0.133. The summed E-state index contributed by atoms with van der Waals surface area (Å²) in [4.78, 5) is 17.8. The average molecular weight is 508 g/mol. The second-order valence-electron chi connectivity index (χ2n) is 9.05. The van der Waals surface area contributed by atoms with Gasteiger partial charge in [0.2, 0.25) is 5.91 Å². The van der Waals surface area contributed by atoms with E-state index in [0.29, 0.717) is 10.6 Å². The molecule has 0 unspecified atom stereocenters. The van der Waals surface area contributed by atoms with E-state index < -0.39 is 0 Å². The largest absolute Gasteiger partial charge is 0.497 e. The maximum Gasteiger partial charge on any atom is 0.234 e. The summed E-state index contributed by atoms with van der Waals surface area (Å²) in [6, 6.07) is 24.1. The summed E-state index contributed by atoms with van der Waals surface area (Å²) < 4.78 is 5.30. The molecule has 1 N–H and O–H groups in total. The van der Waals surface area contributed by atoms with Crippen LogP contribution in [-0.2, 0) is 4.79 Å². The van der Waals surface area contributed by atoms with Crippen molar-refractivity contribution in [3.05, 3.63) is 94.5 Å². The van der Waals surface area contributed by atoms with E-state index >= 15 is 0 Å². The summed E-state index contributed by atoms with van der Waals surface area (Å²) in [5, 5.41) is 13.7. The fourth-order valence-corrected chi connectivity index (χ4v) is 5.09. The first kappa shape index (κ1) is 26.0. The highest BCUT2D eigenvalue weighted by molar-refractivity contribution is 8.00. The van der Waals surface area contributed by atoms with Crippen LogP contribution in [0.25, 0.3) is 22.4 Å². The Hall–Kier alpha value is -4.08. The molecule has 0 saturated carbocycles. The van der Waals surface area contributed by atoms with Crippen LogP contribution in [0.5, 0.6) is 5.75 Å². The highest BCUT2D eigenvalue weighted by Gasteiger charge is 2.18. The molecule has 1 amide bonds. The van der Waals surface area contributed by atoms with Gasteiger partial charge in [-0.05, 0) is 62.6 Å². The number of ether oxygens (including phenoxy) is 1. The van der Waals surface area contributed by atoms with Gasteiger partial charge < -0.3 is 10.1 Å². The Morgan fingerprint density at radius 3 is 2.14 bits per heavy atom. The number of thioether (sulfide) groups is 1. The van der Waals surface area contributed by atoms with Crippen molar-refractivity contribution in [2.75, 3.05) is 18.2 Å². The number of hydrogen-bond donors (Lipinski definition) is 1. The number of aryl methyl sites for hydroxylation is 4. The van der Waals surface area contributed by atoms with Crippen LogP contribution < -0.4 is 10.1 Å². The first-order valence-electron chi connectivity index (χ1n) is 12.0. The predicted octanol–water partition coefficient (Wildman–Crippen LogP) is 7.26. The Morgan fingerprint density at radius 1 is 0.919 bits per heavy atom. The smallest absolute Gasteiger partial charge is 0.234 e. The SMILES string of the molecule is COc1ccc(-c2cc(-c3ccc(C)cc3)nc(SCC(=O)Nc3c(C)cc(C)cc3C)c2C#N)cc1. The van der Waals surface area contributed by atoms with Crippen molar-refractivity contribution in [1.82, 2.24) is 4.98 Å². The van der Waals surface area contributed by atoms with Crippen LogP contribution in [0.4, 0.5) is 5.69 Å². The highest BCUT2D eigenvalue weighted by Crippen LogP contribution is 2.35. The third-order valence-corrected chi connectivity index (χ3v) is 7.10. The number of nitrogens with zero attached hydrogens (tertiary/aromatic N) is 2. The van der Waals surface area contributed by atoms with Gasteiger partial charge >= 0.3 is 0 Å². The number of amides is 1. The number of pyridine rings is 1. The fraction of sp³-hybridized carbons (Fsp3) is 0.194. The lowest BCUT2D eigenvalue weighted by molar-refractivity contribution is -0.113. The number of hydrogen-bond acceptors (Lipinski definition) is 5. The van der Waals surface area contributed by atoms with Gasteiger partial charge in [-0.15, -0.1) is 0 Å². The number of nitrogens with one attached hydrogen (secondary N) is 1. The molecule has 1 heterocycles. The molecule has 4 aromatic rings. The Morgan fingerprint density at radius 2 is 1.54 bits per heavy atom. The number of rotatable bonds is 7. The molecular weight excluding hydrogens is 478 g/mol. The van der Waals surface area contributed by atoms with E-state index in [9.17, 15) is 10.1 Å². The maximum atomic E-state index is 12.9. The van der Waals surface area contributed by atoms with Crippen molar-refractivity contribution < 1.29 is 9.53 Å². The van der Waals surface area contributed by atoms with E-state index in [4.69, 9.17) is 9.72 Å². The van der Waals surface area contributed by atoms with Gasteiger partial charge in [-0.3, -0.25) is 4.79 Å². The van der Waals surface area contributed by atoms with Gasteiger partial charge in [0, 0.05) is 16.8 Å². The second-order valence-corrected chi connectivity index (χ2v) is 10.0. The molecule has 5 nitrogen and oxygen atoms in total. The molecule has 0 spiro atoms. The molecule has 0 atom stereocenters. The van der Waals surface area contributed by atoms with Crippen LogP contribution in [0.15, 0.2) is 71.8 Å². The molecule has 0 aliphatic carbocycles. The lowest BCUT2D eigenvalue weighted by atomic mass is 9.99. The van der Waals surface area contributed by atoms with Gasteiger partial charge in [-0.25, -0.2) is 4.98 Å². The number of benzene rings is 3. The van der Waals surface area contributed by atoms with E-state index in [1.165, 1.54) is 11.8 Å². The number of aromatic nitrogens is 1. The highest BCUT2D eigenvalue weighted by atomic mass is 32.2. The molecule has 0 aliphatic rings. The number of anilines is 1. The second kappa shape index (κ2) is 11.3. The third-order valence-electron chi connectivity index (χ3n) is 6.13. The molecule has 0 aliphatic heterocycles. The van der Waals surface area contributed by atoms with E-state index in [1.54, 1.807) is 7.11 Å². The Kier molecular flexibility index (Phi) is 7.95. The van der Waals surface area contributed by atoms with Crippen LogP contribution in [0.1, 0.15) is 27.8 Å². The molecule has 186 valence electrons. The van der Waals surface area contributed by atoms with Crippen LogP contribution in [0.2, 0.25) is 0 Å². The molecule has 0 saturated heterocycles. The molecular formula is C31H29N3O2S. The van der Waals surface area contributed by atoms with Crippen molar-refractivity contribution in [3.8, 4) is 34.2 Å². The van der Waals surface area contributed by atoms with Crippen LogP contribution >= 0.6 is 11.8 Å². The topological polar surface area (TPSA) is 75.0 Å². The first-order chi connectivity index (χ1) is 17.8. The van der Waals surface area contributed by atoms with Gasteiger partial charge in [-0.1, -0.05) is 71.4 Å². The van der Waals surface area contributed by atoms with E-state index in [0.717, 1.165) is 56.1 Å². The van der Waals surface area contributed by atoms with Crippen LogP contribution in [0.3, 0.4) is 0 Å². The van der Waals surface area contributed by atoms with Crippen molar-refractivity contribution >= 4 is 23.4 Å². The van der Waals surface area contributed by atoms with Gasteiger partial charge in [0.25, 0.3) is 0 Å². The Bertz CT molecular complexity index is 1460. The molecule has 0 fully saturated rings. The van der Waals surface area contributed by atoms with Crippen molar-refractivity contribution in [2.24, 2.45) is 0 Å². The zero-order valence-electron chi connectivity index (χ0n) is 21.7. The van der Waals surface area contributed by atoms with E-state index in [2.05, 4.69) is 23.5 Å². The van der Waals surface area contributed by atoms with Gasteiger partial charge in [-0.2, -0.15) is 5.26 Å². The van der Waals surface area contributed by atoms with Crippen LogP contribution in [0, 0.1) is 39.0 Å². The van der Waals surface area contributed by atoms with Crippen molar-refractivity contribution in [2.45, 2.75) is 32.7 Å². The summed E-state index contributed by atoms with van der Waals surface area (Å²) >= 11 is 1.27. The van der Waals surface area contributed by atoms with E-state index in [1.807, 2.05) is 82.3 Å². The fourth-order valence-electron chi connectivity index (χ4n) is 4.29. The normalized spacial score (nSPS) is 10.6. The first-order valence-corrected chi connectivity index (χ1v) is 12.9. The van der Waals surface area contributed by atoms with Crippen molar-refractivity contribution in [3.63, 3.8) is 0 Å². The van der Waals surface area contributed by atoms with Gasteiger partial charge in [0.1, 0.15) is 16.8 Å². The molecule has 1 aromatic heterocycles. The number of methoxy groups -OCH3 is 1. The maximum absolute atomic E-state index is 12.9. The zero-order chi connectivity index (χ0) is 26.5. The van der Waals surface area contributed by atoms with Crippen LogP contribution in [-0.4, -0.2) is 23.8 Å². The Labute approximate surface area is 222 Å². The molecule has 6 heteroatoms. The van der Waals surface area contributed by atoms with Gasteiger partial charge in [0.05, 0.1) is 24.1 Å². The monoisotopic (exact) mass is 507 g/mol. The predicted molar refractivity (Wildman–Crippen MR) is 151 cm³/mol. The van der Waals surface area contributed by atoms with Crippen molar-refractivity contribution in [1.29, 1.82) is 5.26 Å². The van der Waals surface area contributed by atoms with E-state index in [-0.39, 0.29) is 11.7 Å². The standard InChI is InChI=1S/C31H29N3O2S/c1-19-6-8-24(9-7-19)28-16-26(23-10-12-25(36-5)13-11-23)27(17-32)31(33-28)37-18-29(35)34-30-21(3)14-20(2)15-22(30)4/h6-16H,18H2,1-5H3,(H,34,35).